The van der Waals surface area contributed by atoms with Gasteiger partial charge in [-0.3, -0.25) is 4.90 Å². The van der Waals surface area contributed by atoms with Gasteiger partial charge in [-0.25, -0.2) is 0 Å². The Labute approximate surface area is 108 Å². The van der Waals surface area contributed by atoms with Crippen LogP contribution in [0, 0.1) is 12.8 Å². The molecule has 0 radical (unpaired) electrons. The largest absolute Gasteiger partial charge is 0.339 e. The summed E-state index contributed by atoms with van der Waals surface area (Å²) in [4.78, 5) is 6.78. The van der Waals surface area contributed by atoms with Crippen LogP contribution in [0.25, 0.3) is 0 Å². The third-order valence-electron chi connectivity index (χ3n) is 4.20. The molecule has 5 heteroatoms. The first kappa shape index (κ1) is 12.1. The molecule has 0 aromatic carbocycles. The SMILES string of the molecule is Cc1noc(CCN2CCNC(C)(C3CC3)C2)n1. The Morgan fingerprint density at radius 3 is 3.00 bits per heavy atom. The van der Waals surface area contributed by atoms with Crippen LogP contribution in [0.2, 0.25) is 0 Å². The maximum absolute atomic E-state index is 5.16. The van der Waals surface area contributed by atoms with E-state index in [9.17, 15) is 0 Å². The minimum absolute atomic E-state index is 0.322. The van der Waals surface area contributed by atoms with Crippen LogP contribution in [0.5, 0.6) is 0 Å². The van der Waals surface area contributed by atoms with Crippen LogP contribution in [-0.2, 0) is 6.42 Å². The molecule has 18 heavy (non-hydrogen) atoms. The average molecular weight is 250 g/mol. The Morgan fingerprint density at radius 1 is 1.50 bits per heavy atom. The Morgan fingerprint density at radius 2 is 2.33 bits per heavy atom. The van der Waals surface area contributed by atoms with Crippen molar-refractivity contribution in [1.82, 2.24) is 20.4 Å². The zero-order valence-corrected chi connectivity index (χ0v) is 11.3. The Bertz CT molecular complexity index is 415. The van der Waals surface area contributed by atoms with Crippen molar-refractivity contribution >= 4 is 0 Å². The van der Waals surface area contributed by atoms with E-state index in [-0.39, 0.29) is 0 Å². The molecule has 0 amide bonds. The normalized spacial score (nSPS) is 29.7. The molecule has 0 spiro atoms. The average Bonchev–Trinajstić information content (AvgIpc) is 3.12. The van der Waals surface area contributed by atoms with Gasteiger partial charge in [-0.05, 0) is 32.6 Å². The van der Waals surface area contributed by atoms with Crippen LogP contribution in [0.4, 0.5) is 0 Å². The van der Waals surface area contributed by atoms with Crippen molar-refractivity contribution in [3.63, 3.8) is 0 Å². The number of aromatic nitrogens is 2. The van der Waals surface area contributed by atoms with Crippen molar-refractivity contribution in [2.45, 2.75) is 38.6 Å². The minimum Gasteiger partial charge on any atom is -0.339 e. The van der Waals surface area contributed by atoms with Gasteiger partial charge in [0.2, 0.25) is 5.89 Å². The third-order valence-corrected chi connectivity index (χ3v) is 4.20. The number of rotatable bonds is 4. The highest BCUT2D eigenvalue weighted by Crippen LogP contribution is 2.40. The molecule has 1 aromatic rings. The molecular weight excluding hydrogens is 228 g/mol. The molecule has 2 fully saturated rings. The van der Waals surface area contributed by atoms with Gasteiger partial charge in [0.1, 0.15) is 0 Å². The second kappa shape index (κ2) is 4.63. The molecule has 1 aliphatic carbocycles. The van der Waals surface area contributed by atoms with Crippen LogP contribution in [0.1, 0.15) is 31.5 Å². The van der Waals surface area contributed by atoms with Crippen LogP contribution >= 0.6 is 0 Å². The monoisotopic (exact) mass is 250 g/mol. The van der Waals surface area contributed by atoms with E-state index in [1.807, 2.05) is 6.92 Å². The topological polar surface area (TPSA) is 54.2 Å². The number of hydrogen-bond acceptors (Lipinski definition) is 5. The summed E-state index contributed by atoms with van der Waals surface area (Å²) in [5.41, 5.74) is 0.322. The van der Waals surface area contributed by atoms with Gasteiger partial charge < -0.3 is 9.84 Å². The summed E-state index contributed by atoms with van der Waals surface area (Å²) in [6.45, 7) is 8.61. The van der Waals surface area contributed by atoms with E-state index in [4.69, 9.17) is 4.52 Å². The number of aryl methyl sites for hydroxylation is 1. The quantitative estimate of drug-likeness (QED) is 0.864. The molecule has 1 saturated carbocycles. The molecule has 100 valence electrons. The second-order valence-corrected chi connectivity index (χ2v) is 5.88. The summed E-state index contributed by atoms with van der Waals surface area (Å²) in [7, 11) is 0. The molecule has 1 aromatic heterocycles. The van der Waals surface area contributed by atoms with Crippen LogP contribution < -0.4 is 5.32 Å². The molecule has 1 aliphatic heterocycles. The first-order valence-electron chi connectivity index (χ1n) is 6.92. The molecular formula is C13H22N4O. The number of nitrogens with zero attached hydrogens (tertiary/aromatic N) is 3. The predicted octanol–water partition coefficient (Wildman–Crippen LogP) is 0.994. The lowest BCUT2D eigenvalue weighted by Crippen LogP contribution is -2.60. The number of piperazine rings is 1. The van der Waals surface area contributed by atoms with Crippen molar-refractivity contribution in [3.05, 3.63) is 11.7 Å². The van der Waals surface area contributed by atoms with E-state index in [1.165, 1.54) is 12.8 Å². The minimum atomic E-state index is 0.322. The fraction of sp³-hybridized carbons (Fsp3) is 0.846. The molecule has 2 heterocycles. The maximum Gasteiger partial charge on any atom is 0.227 e. The summed E-state index contributed by atoms with van der Waals surface area (Å²) >= 11 is 0. The van der Waals surface area contributed by atoms with Crippen molar-refractivity contribution < 1.29 is 4.52 Å². The first-order valence-corrected chi connectivity index (χ1v) is 6.92. The molecule has 1 saturated heterocycles. The van der Waals surface area contributed by atoms with Gasteiger partial charge in [0.05, 0.1) is 0 Å². The Kier molecular flexibility index (Phi) is 3.11. The van der Waals surface area contributed by atoms with Crippen LogP contribution in [0.15, 0.2) is 4.52 Å². The summed E-state index contributed by atoms with van der Waals surface area (Å²) in [6.07, 6.45) is 3.64. The Balaban J connectivity index is 1.53. The van der Waals surface area contributed by atoms with Crippen LogP contribution in [-0.4, -0.2) is 46.8 Å². The lowest BCUT2D eigenvalue weighted by Gasteiger charge is -2.42. The van der Waals surface area contributed by atoms with Gasteiger partial charge in [0.15, 0.2) is 5.82 Å². The standard InChI is InChI=1S/C13H22N4O/c1-10-15-12(18-16-10)5-7-17-8-6-14-13(2,9-17)11-3-4-11/h11,14H,3-9H2,1-2H3. The molecule has 3 rings (SSSR count). The van der Waals surface area contributed by atoms with Gasteiger partial charge in [-0.15, -0.1) is 0 Å². The van der Waals surface area contributed by atoms with E-state index < -0.39 is 0 Å². The second-order valence-electron chi connectivity index (χ2n) is 5.88. The van der Waals surface area contributed by atoms with Crippen molar-refractivity contribution in [2.24, 2.45) is 5.92 Å². The van der Waals surface area contributed by atoms with E-state index in [0.717, 1.165) is 50.2 Å². The Hall–Kier alpha value is -0.940. The van der Waals surface area contributed by atoms with Gasteiger partial charge in [0, 0.05) is 38.1 Å². The molecule has 1 N–H and O–H groups in total. The fourth-order valence-corrected chi connectivity index (χ4v) is 2.98. The highest BCUT2D eigenvalue weighted by atomic mass is 16.5. The summed E-state index contributed by atoms with van der Waals surface area (Å²) in [5.74, 6) is 2.37. The van der Waals surface area contributed by atoms with Gasteiger partial charge in [-0.2, -0.15) is 4.98 Å². The molecule has 1 unspecified atom stereocenters. The molecule has 5 nitrogen and oxygen atoms in total. The number of nitrogens with one attached hydrogen (secondary N) is 1. The van der Waals surface area contributed by atoms with Crippen molar-refractivity contribution in [3.8, 4) is 0 Å². The van der Waals surface area contributed by atoms with E-state index in [2.05, 4.69) is 27.3 Å². The van der Waals surface area contributed by atoms with Gasteiger partial charge >= 0.3 is 0 Å². The van der Waals surface area contributed by atoms with Gasteiger partial charge in [-0.1, -0.05) is 5.16 Å². The van der Waals surface area contributed by atoms with E-state index in [0.29, 0.717) is 5.54 Å². The van der Waals surface area contributed by atoms with Crippen molar-refractivity contribution in [1.29, 1.82) is 0 Å². The fourth-order valence-electron chi connectivity index (χ4n) is 2.98. The highest BCUT2D eigenvalue weighted by Gasteiger charge is 2.43. The van der Waals surface area contributed by atoms with Crippen molar-refractivity contribution in [2.75, 3.05) is 26.2 Å². The predicted molar refractivity (Wildman–Crippen MR) is 68.3 cm³/mol. The number of hydrogen-bond donors (Lipinski definition) is 1. The van der Waals surface area contributed by atoms with Crippen LogP contribution in [0.3, 0.4) is 0 Å². The lowest BCUT2D eigenvalue weighted by molar-refractivity contribution is 0.126. The molecule has 2 aliphatic rings. The zero-order valence-electron chi connectivity index (χ0n) is 11.3. The lowest BCUT2D eigenvalue weighted by atomic mass is 9.93. The maximum atomic E-state index is 5.16. The smallest absolute Gasteiger partial charge is 0.227 e. The molecule has 0 bridgehead atoms. The van der Waals surface area contributed by atoms with E-state index >= 15 is 0 Å². The third kappa shape index (κ3) is 2.57. The summed E-state index contributed by atoms with van der Waals surface area (Å²) < 4.78 is 5.16. The first-order chi connectivity index (χ1) is 8.66. The molecule has 1 atom stereocenters. The van der Waals surface area contributed by atoms with Gasteiger partial charge in [0.25, 0.3) is 0 Å². The summed E-state index contributed by atoms with van der Waals surface area (Å²) in [6, 6.07) is 0. The zero-order chi connectivity index (χ0) is 12.6. The highest BCUT2D eigenvalue weighted by molar-refractivity contribution is 5.02. The van der Waals surface area contributed by atoms with E-state index in [1.54, 1.807) is 0 Å². The summed E-state index contributed by atoms with van der Waals surface area (Å²) in [5, 5.41) is 7.53.